The van der Waals surface area contributed by atoms with Gasteiger partial charge in [-0.2, -0.15) is 0 Å². The van der Waals surface area contributed by atoms with Crippen molar-refractivity contribution in [2.75, 3.05) is 49.0 Å². The SMILES string of the molecule is CN(C)c1ccc(NC(=O)c2sc(N(C)C)nc2N)cc1. The van der Waals surface area contributed by atoms with E-state index in [2.05, 4.69) is 10.3 Å². The minimum atomic E-state index is -0.240. The fraction of sp³-hybridized carbons (Fsp3) is 0.286. The third kappa shape index (κ3) is 3.43. The normalized spacial score (nSPS) is 10.3. The summed E-state index contributed by atoms with van der Waals surface area (Å²) in [5.74, 6) is 0.0156. The van der Waals surface area contributed by atoms with Crippen LogP contribution in [0.2, 0.25) is 0 Å². The third-order valence-electron chi connectivity index (χ3n) is 2.87. The number of hydrogen-bond donors (Lipinski definition) is 2. The fourth-order valence-corrected chi connectivity index (χ4v) is 2.51. The number of nitrogens with two attached hydrogens (primary N) is 1. The van der Waals surface area contributed by atoms with Crippen LogP contribution in [0.25, 0.3) is 0 Å². The van der Waals surface area contributed by atoms with Crippen LogP contribution in [-0.2, 0) is 0 Å². The van der Waals surface area contributed by atoms with Crippen LogP contribution < -0.4 is 20.9 Å². The highest BCUT2D eigenvalue weighted by molar-refractivity contribution is 7.18. The van der Waals surface area contributed by atoms with E-state index in [0.717, 1.165) is 11.4 Å². The van der Waals surface area contributed by atoms with Crippen molar-refractivity contribution in [3.8, 4) is 0 Å². The second-order valence-electron chi connectivity index (χ2n) is 5.00. The van der Waals surface area contributed by atoms with Gasteiger partial charge in [-0.3, -0.25) is 4.79 Å². The van der Waals surface area contributed by atoms with Crippen molar-refractivity contribution in [1.29, 1.82) is 0 Å². The lowest BCUT2D eigenvalue weighted by Gasteiger charge is -2.12. The zero-order valence-electron chi connectivity index (χ0n) is 12.5. The number of nitrogen functional groups attached to an aromatic ring is 1. The Bertz CT molecular complexity index is 633. The summed E-state index contributed by atoms with van der Waals surface area (Å²) in [5.41, 5.74) is 7.60. The molecule has 0 aliphatic rings. The van der Waals surface area contributed by atoms with E-state index in [1.807, 2.05) is 62.3 Å². The van der Waals surface area contributed by atoms with Gasteiger partial charge < -0.3 is 20.9 Å². The predicted octanol–water partition coefficient (Wildman–Crippen LogP) is 2.11. The first kappa shape index (κ1) is 15.1. The van der Waals surface area contributed by atoms with Gasteiger partial charge in [-0.05, 0) is 24.3 Å². The molecule has 1 heterocycles. The largest absolute Gasteiger partial charge is 0.382 e. The molecule has 6 nitrogen and oxygen atoms in total. The first-order chi connectivity index (χ1) is 9.88. The molecule has 112 valence electrons. The molecule has 0 atom stereocenters. The highest BCUT2D eigenvalue weighted by Gasteiger charge is 2.17. The maximum atomic E-state index is 12.2. The molecule has 2 aromatic rings. The molecule has 0 radical (unpaired) electrons. The number of carbonyl (C=O) groups excluding carboxylic acids is 1. The third-order valence-corrected chi connectivity index (χ3v) is 4.11. The summed E-state index contributed by atoms with van der Waals surface area (Å²) < 4.78 is 0. The van der Waals surface area contributed by atoms with Gasteiger partial charge in [0.15, 0.2) is 5.13 Å². The Kier molecular flexibility index (Phi) is 4.32. The molecule has 2 rings (SSSR count). The van der Waals surface area contributed by atoms with Crippen molar-refractivity contribution in [2.45, 2.75) is 0 Å². The fourth-order valence-electron chi connectivity index (χ4n) is 1.70. The molecule has 0 bridgehead atoms. The number of thiazole rings is 1. The number of benzene rings is 1. The van der Waals surface area contributed by atoms with Crippen molar-refractivity contribution >= 4 is 39.6 Å². The highest BCUT2D eigenvalue weighted by atomic mass is 32.1. The van der Waals surface area contributed by atoms with Crippen LogP contribution in [0.1, 0.15) is 9.67 Å². The predicted molar refractivity (Wildman–Crippen MR) is 89.6 cm³/mol. The molecule has 0 aliphatic carbocycles. The average Bonchev–Trinajstić information content (AvgIpc) is 2.81. The smallest absolute Gasteiger partial charge is 0.269 e. The summed E-state index contributed by atoms with van der Waals surface area (Å²) in [7, 11) is 7.66. The van der Waals surface area contributed by atoms with Crippen LogP contribution in [0.15, 0.2) is 24.3 Å². The molecule has 21 heavy (non-hydrogen) atoms. The number of anilines is 4. The summed E-state index contributed by atoms with van der Waals surface area (Å²) in [5, 5.41) is 3.54. The van der Waals surface area contributed by atoms with Gasteiger partial charge in [0, 0.05) is 39.6 Å². The molecule has 0 saturated heterocycles. The van der Waals surface area contributed by atoms with Gasteiger partial charge in [0.25, 0.3) is 5.91 Å². The molecule has 1 aromatic heterocycles. The van der Waals surface area contributed by atoms with E-state index >= 15 is 0 Å². The van der Waals surface area contributed by atoms with Crippen molar-refractivity contribution in [3.63, 3.8) is 0 Å². The molecule has 0 aliphatic heterocycles. The topological polar surface area (TPSA) is 74.5 Å². The van der Waals surface area contributed by atoms with Crippen LogP contribution >= 0.6 is 11.3 Å². The van der Waals surface area contributed by atoms with E-state index in [9.17, 15) is 4.79 Å². The molecule has 1 amide bonds. The molecule has 0 saturated carbocycles. The number of rotatable bonds is 4. The number of nitrogens with one attached hydrogen (secondary N) is 1. The van der Waals surface area contributed by atoms with Crippen LogP contribution in [0.3, 0.4) is 0 Å². The molecule has 0 unspecified atom stereocenters. The lowest BCUT2D eigenvalue weighted by Crippen LogP contribution is -2.13. The Labute approximate surface area is 128 Å². The molecule has 0 spiro atoms. The summed E-state index contributed by atoms with van der Waals surface area (Å²) in [6, 6.07) is 7.60. The number of hydrogen-bond acceptors (Lipinski definition) is 6. The van der Waals surface area contributed by atoms with Gasteiger partial charge in [-0.1, -0.05) is 11.3 Å². The Morgan fingerprint density at radius 3 is 2.24 bits per heavy atom. The van der Waals surface area contributed by atoms with E-state index in [1.165, 1.54) is 11.3 Å². The molecule has 3 N–H and O–H groups in total. The number of nitrogens with zero attached hydrogens (tertiary/aromatic N) is 3. The van der Waals surface area contributed by atoms with Gasteiger partial charge in [-0.25, -0.2) is 4.98 Å². The maximum absolute atomic E-state index is 12.2. The van der Waals surface area contributed by atoms with Crippen molar-refractivity contribution in [1.82, 2.24) is 4.98 Å². The number of carbonyl (C=O) groups is 1. The monoisotopic (exact) mass is 305 g/mol. The van der Waals surface area contributed by atoms with E-state index in [4.69, 9.17) is 5.73 Å². The van der Waals surface area contributed by atoms with Gasteiger partial charge in [0.2, 0.25) is 0 Å². The first-order valence-electron chi connectivity index (χ1n) is 6.41. The van der Waals surface area contributed by atoms with Crippen LogP contribution in [0.4, 0.5) is 22.3 Å². The van der Waals surface area contributed by atoms with Gasteiger partial charge in [0.1, 0.15) is 10.7 Å². The lowest BCUT2D eigenvalue weighted by atomic mass is 10.2. The number of amides is 1. The number of aromatic nitrogens is 1. The van der Waals surface area contributed by atoms with Crippen LogP contribution in [0, 0.1) is 0 Å². The molecule has 0 fully saturated rings. The summed E-state index contributed by atoms with van der Waals surface area (Å²) in [6.07, 6.45) is 0. The second kappa shape index (κ2) is 6.01. The molecular formula is C14H19N5OS. The molecule has 1 aromatic carbocycles. The van der Waals surface area contributed by atoms with Gasteiger partial charge in [-0.15, -0.1) is 0 Å². The van der Waals surface area contributed by atoms with Crippen molar-refractivity contribution in [2.24, 2.45) is 0 Å². The van der Waals surface area contributed by atoms with Gasteiger partial charge >= 0.3 is 0 Å². The van der Waals surface area contributed by atoms with E-state index in [0.29, 0.717) is 10.0 Å². The van der Waals surface area contributed by atoms with Crippen LogP contribution in [0.5, 0.6) is 0 Å². The Morgan fingerprint density at radius 2 is 1.76 bits per heavy atom. The Morgan fingerprint density at radius 1 is 1.14 bits per heavy atom. The van der Waals surface area contributed by atoms with Crippen molar-refractivity contribution in [3.05, 3.63) is 29.1 Å². The van der Waals surface area contributed by atoms with E-state index < -0.39 is 0 Å². The zero-order valence-corrected chi connectivity index (χ0v) is 13.4. The van der Waals surface area contributed by atoms with E-state index in [-0.39, 0.29) is 11.7 Å². The van der Waals surface area contributed by atoms with Crippen LogP contribution in [-0.4, -0.2) is 39.1 Å². The summed E-state index contributed by atoms with van der Waals surface area (Å²) in [6.45, 7) is 0. The average molecular weight is 305 g/mol. The lowest BCUT2D eigenvalue weighted by molar-refractivity contribution is 0.103. The molecular weight excluding hydrogens is 286 g/mol. The van der Waals surface area contributed by atoms with Gasteiger partial charge in [0.05, 0.1) is 0 Å². The second-order valence-corrected chi connectivity index (χ2v) is 5.98. The standard InChI is InChI=1S/C14H19N5OS/c1-18(2)10-7-5-9(6-8-10)16-13(20)11-12(15)17-14(21-11)19(3)4/h5-8H,15H2,1-4H3,(H,16,20). The highest BCUT2D eigenvalue weighted by Crippen LogP contribution is 2.27. The quantitative estimate of drug-likeness (QED) is 0.905. The first-order valence-corrected chi connectivity index (χ1v) is 7.22. The van der Waals surface area contributed by atoms with Crippen molar-refractivity contribution < 1.29 is 4.79 Å². The zero-order chi connectivity index (χ0) is 15.6. The Balaban J connectivity index is 2.14. The minimum absolute atomic E-state index is 0.240. The van der Waals surface area contributed by atoms with E-state index in [1.54, 1.807) is 0 Å². The molecule has 7 heteroatoms. The summed E-state index contributed by atoms with van der Waals surface area (Å²) >= 11 is 1.27. The minimum Gasteiger partial charge on any atom is -0.382 e. The summed E-state index contributed by atoms with van der Waals surface area (Å²) in [4.78, 5) is 20.7. The Hall–Kier alpha value is -2.28. The maximum Gasteiger partial charge on any atom is 0.269 e.